The number of rotatable bonds is 4. The molecule has 0 aliphatic carbocycles. The standard InChI is InChI=1S/C16H25N5O/c1-12-14(10-20(3)18-12)11-21-7-4-13(5-8-21)15(22)16-17-6-9-19(16)2/h6,9-10,13,15,22H,4-5,7-8,11H2,1-3H3. The zero-order valence-electron chi connectivity index (χ0n) is 13.6. The largest absolute Gasteiger partial charge is 0.385 e. The number of nitrogens with zero attached hydrogens (tertiary/aromatic N) is 5. The molecule has 3 rings (SSSR count). The lowest BCUT2D eigenvalue weighted by atomic mass is 9.90. The van der Waals surface area contributed by atoms with E-state index in [0.29, 0.717) is 5.92 Å². The molecule has 2 aromatic heterocycles. The van der Waals surface area contributed by atoms with Crippen LogP contribution < -0.4 is 0 Å². The van der Waals surface area contributed by atoms with Gasteiger partial charge in [0.2, 0.25) is 0 Å². The summed E-state index contributed by atoms with van der Waals surface area (Å²) in [5.41, 5.74) is 2.41. The van der Waals surface area contributed by atoms with Crippen molar-refractivity contribution < 1.29 is 5.11 Å². The number of aromatic nitrogens is 4. The number of piperidine rings is 1. The maximum absolute atomic E-state index is 10.5. The average molecular weight is 303 g/mol. The first-order valence-corrected chi connectivity index (χ1v) is 7.91. The Bertz CT molecular complexity index is 624. The fourth-order valence-electron chi connectivity index (χ4n) is 3.34. The molecule has 6 nitrogen and oxygen atoms in total. The van der Waals surface area contributed by atoms with Crippen molar-refractivity contribution in [2.75, 3.05) is 13.1 Å². The Kier molecular flexibility index (Phi) is 4.31. The smallest absolute Gasteiger partial charge is 0.137 e. The molecule has 0 radical (unpaired) electrons. The Morgan fingerprint density at radius 1 is 1.32 bits per heavy atom. The molecular formula is C16H25N5O. The molecule has 0 amide bonds. The van der Waals surface area contributed by atoms with E-state index < -0.39 is 6.10 Å². The first-order valence-electron chi connectivity index (χ1n) is 7.91. The van der Waals surface area contributed by atoms with E-state index in [1.54, 1.807) is 6.20 Å². The normalized spacial score (nSPS) is 18.7. The molecule has 0 aromatic carbocycles. The van der Waals surface area contributed by atoms with Crippen LogP contribution in [0.25, 0.3) is 0 Å². The van der Waals surface area contributed by atoms with E-state index in [1.165, 1.54) is 5.56 Å². The van der Waals surface area contributed by atoms with Gasteiger partial charge in [0.05, 0.1) is 5.69 Å². The lowest BCUT2D eigenvalue weighted by molar-refractivity contribution is 0.0491. The topological polar surface area (TPSA) is 59.1 Å². The summed E-state index contributed by atoms with van der Waals surface area (Å²) in [5, 5.41) is 14.9. The Hall–Kier alpha value is -1.66. The third-order valence-electron chi connectivity index (χ3n) is 4.71. The molecule has 1 aliphatic rings. The minimum absolute atomic E-state index is 0.298. The third kappa shape index (κ3) is 3.08. The molecule has 1 fully saturated rings. The maximum Gasteiger partial charge on any atom is 0.137 e. The van der Waals surface area contributed by atoms with Crippen molar-refractivity contribution >= 4 is 0 Å². The van der Waals surface area contributed by atoms with E-state index in [-0.39, 0.29) is 0 Å². The predicted molar refractivity (Wildman–Crippen MR) is 84.1 cm³/mol. The average Bonchev–Trinajstić information content (AvgIpc) is 3.05. The highest BCUT2D eigenvalue weighted by atomic mass is 16.3. The second-order valence-corrected chi connectivity index (χ2v) is 6.37. The molecule has 1 unspecified atom stereocenters. The van der Waals surface area contributed by atoms with Crippen LogP contribution in [0.3, 0.4) is 0 Å². The van der Waals surface area contributed by atoms with Crippen LogP contribution in [0.2, 0.25) is 0 Å². The van der Waals surface area contributed by atoms with E-state index >= 15 is 0 Å². The van der Waals surface area contributed by atoms with Gasteiger partial charge in [-0.2, -0.15) is 5.10 Å². The van der Waals surface area contributed by atoms with Gasteiger partial charge in [-0.3, -0.25) is 9.58 Å². The fraction of sp³-hybridized carbons (Fsp3) is 0.625. The zero-order chi connectivity index (χ0) is 15.7. The van der Waals surface area contributed by atoms with Gasteiger partial charge < -0.3 is 9.67 Å². The van der Waals surface area contributed by atoms with Crippen molar-refractivity contribution in [2.45, 2.75) is 32.4 Å². The SMILES string of the molecule is Cc1nn(C)cc1CN1CCC(C(O)c2nccn2C)CC1. The fourth-order valence-corrected chi connectivity index (χ4v) is 3.34. The van der Waals surface area contributed by atoms with Crippen molar-refractivity contribution in [3.05, 3.63) is 35.7 Å². The predicted octanol–water partition coefficient (Wildman–Crippen LogP) is 1.41. The number of likely N-dealkylation sites (tertiary alicyclic amines) is 1. The Labute approximate surface area is 131 Å². The highest BCUT2D eigenvalue weighted by Crippen LogP contribution is 2.30. The van der Waals surface area contributed by atoms with Gasteiger partial charge in [0, 0.05) is 44.8 Å². The van der Waals surface area contributed by atoms with Gasteiger partial charge in [-0.25, -0.2) is 4.98 Å². The van der Waals surface area contributed by atoms with Gasteiger partial charge in [0.1, 0.15) is 11.9 Å². The Balaban J connectivity index is 1.56. The van der Waals surface area contributed by atoms with Gasteiger partial charge in [-0.1, -0.05) is 0 Å². The molecule has 120 valence electrons. The Morgan fingerprint density at radius 2 is 2.05 bits per heavy atom. The molecule has 1 aliphatic heterocycles. The van der Waals surface area contributed by atoms with Crippen LogP contribution in [0.15, 0.2) is 18.6 Å². The van der Waals surface area contributed by atoms with Crippen LogP contribution in [0.4, 0.5) is 0 Å². The van der Waals surface area contributed by atoms with Crippen molar-refractivity contribution in [3.63, 3.8) is 0 Å². The van der Waals surface area contributed by atoms with Crippen molar-refractivity contribution in [2.24, 2.45) is 20.0 Å². The second-order valence-electron chi connectivity index (χ2n) is 6.37. The van der Waals surface area contributed by atoms with Crippen LogP contribution in [-0.4, -0.2) is 42.4 Å². The van der Waals surface area contributed by atoms with Gasteiger partial charge in [0.25, 0.3) is 0 Å². The van der Waals surface area contributed by atoms with Gasteiger partial charge >= 0.3 is 0 Å². The maximum atomic E-state index is 10.5. The van der Waals surface area contributed by atoms with E-state index in [2.05, 4.69) is 28.1 Å². The summed E-state index contributed by atoms with van der Waals surface area (Å²) in [7, 11) is 3.90. The van der Waals surface area contributed by atoms with Crippen LogP contribution in [-0.2, 0) is 20.6 Å². The molecule has 3 heterocycles. The minimum Gasteiger partial charge on any atom is -0.385 e. The number of aryl methyl sites for hydroxylation is 3. The molecular weight excluding hydrogens is 278 g/mol. The van der Waals surface area contributed by atoms with Crippen molar-refractivity contribution in [3.8, 4) is 0 Å². The summed E-state index contributed by atoms with van der Waals surface area (Å²) in [4.78, 5) is 6.73. The quantitative estimate of drug-likeness (QED) is 0.928. The molecule has 0 saturated carbocycles. The molecule has 2 aromatic rings. The highest BCUT2D eigenvalue weighted by molar-refractivity contribution is 5.15. The monoisotopic (exact) mass is 303 g/mol. The molecule has 22 heavy (non-hydrogen) atoms. The van der Waals surface area contributed by atoms with E-state index in [1.807, 2.05) is 29.5 Å². The lowest BCUT2D eigenvalue weighted by Gasteiger charge is -2.33. The first kappa shape index (κ1) is 15.2. The molecule has 1 N–H and O–H groups in total. The lowest BCUT2D eigenvalue weighted by Crippen LogP contribution is -2.35. The van der Waals surface area contributed by atoms with Gasteiger partial charge in [-0.05, 0) is 38.8 Å². The summed E-state index contributed by atoms with van der Waals surface area (Å²) in [6.07, 6.45) is 7.30. The number of aliphatic hydroxyl groups excluding tert-OH is 1. The van der Waals surface area contributed by atoms with Crippen LogP contribution in [0.1, 0.15) is 36.0 Å². The zero-order valence-corrected chi connectivity index (χ0v) is 13.6. The van der Waals surface area contributed by atoms with Crippen LogP contribution in [0.5, 0.6) is 0 Å². The summed E-state index contributed by atoms with van der Waals surface area (Å²) in [6, 6.07) is 0. The molecule has 0 spiro atoms. The second kappa shape index (κ2) is 6.22. The third-order valence-corrected chi connectivity index (χ3v) is 4.71. The molecule has 1 atom stereocenters. The minimum atomic E-state index is -0.456. The van der Waals surface area contributed by atoms with Crippen molar-refractivity contribution in [1.29, 1.82) is 0 Å². The first-order chi connectivity index (χ1) is 10.5. The summed E-state index contributed by atoms with van der Waals surface area (Å²) >= 11 is 0. The molecule has 1 saturated heterocycles. The Morgan fingerprint density at radius 3 is 2.59 bits per heavy atom. The summed E-state index contributed by atoms with van der Waals surface area (Å²) < 4.78 is 3.79. The van der Waals surface area contributed by atoms with E-state index in [4.69, 9.17) is 0 Å². The van der Waals surface area contributed by atoms with Gasteiger partial charge in [-0.15, -0.1) is 0 Å². The van der Waals surface area contributed by atoms with E-state index in [0.717, 1.165) is 44.0 Å². The number of aliphatic hydroxyl groups is 1. The number of hydrogen-bond acceptors (Lipinski definition) is 4. The highest BCUT2D eigenvalue weighted by Gasteiger charge is 2.28. The van der Waals surface area contributed by atoms with Crippen LogP contribution >= 0.6 is 0 Å². The number of imidazole rings is 1. The summed E-state index contributed by atoms with van der Waals surface area (Å²) in [5.74, 6) is 1.08. The van der Waals surface area contributed by atoms with E-state index in [9.17, 15) is 5.11 Å². The van der Waals surface area contributed by atoms with Crippen molar-refractivity contribution in [1.82, 2.24) is 24.2 Å². The number of hydrogen-bond donors (Lipinski definition) is 1. The molecule has 0 bridgehead atoms. The van der Waals surface area contributed by atoms with Crippen LogP contribution in [0, 0.1) is 12.8 Å². The molecule has 6 heteroatoms. The summed E-state index contributed by atoms with van der Waals surface area (Å²) in [6.45, 7) is 5.04. The van der Waals surface area contributed by atoms with Gasteiger partial charge in [0.15, 0.2) is 0 Å².